The van der Waals surface area contributed by atoms with Crippen molar-refractivity contribution < 1.29 is 9.59 Å². The minimum absolute atomic E-state index is 0.108. The number of nitrogens with zero attached hydrogens (tertiary/aromatic N) is 1. The first kappa shape index (κ1) is 12.2. The number of anilines is 1. The van der Waals surface area contributed by atoms with Gasteiger partial charge in [0.2, 0.25) is 0 Å². The van der Waals surface area contributed by atoms with E-state index in [1.165, 1.54) is 6.92 Å². The maximum Gasteiger partial charge on any atom is 0.272 e. The number of H-pyrrole nitrogens is 2. The maximum absolute atomic E-state index is 12.0. The fourth-order valence-electron chi connectivity index (χ4n) is 1.94. The number of ketones is 1. The number of Topliss-reactive ketones (excluding diaryl/α,β-unsaturated/α-hetero) is 1. The van der Waals surface area contributed by atoms with Gasteiger partial charge in [0.25, 0.3) is 5.91 Å². The Morgan fingerprint density at radius 2 is 1.95 bits per heavy atom. The first-order valence-corrected chi connectivity index (χ1v) is 6.08. The second-order valence-electron chi connectivity index (χ2n) is 4.43. The molecule has 3 aromatic rings. The average molecular weight is 268 g/mol. The number of benzene rings is 1. The Kier molecular flexibility index (Phi) is 2.83. The van der Waals surface area contributed by atoms with Crippen molar-refractivity contribution in [3.63, 3.8) is 0 Å². The lowest BCUT2D eigenvalue weighted by Crippen LogP contribution is -2.12. The van der Waals surface area contributed by atoms with Gasteiger partial charge in [-0.25, -0.2) is 4.98 Å². The third-order valence-corrected chi connectivity index (χ3v) is 2.99. The summed E-state index contributed by atoms with van der Waals surface area (Å²) in [5, 5.41) is 2.76. The first-order valence-electron chi connectivity index (χ1n) is 6.08. The summed E-state index contributed by atoms with van der Waals surface area (Å²) in [6.07, 6.45) is 1.60. The number of rotatable bonds is 3. The van der Waals surface area contributed by atoms with Crippen LogP contribution in [0.25, 0.3) is 11.0 Å². The zero-order valence-electron chi connectivity index (χ0n) is 10.7. The van der Waals surface area contributed by atoms with E-state index in [1.54, 1.807) is 30.6 Å². The van der Waals surface area contributed by atoms with Crippen LogP contribution in [0.4, 0.5) is 5.69 Å². The summed E-state index contributed by atoms with van der Waals surface area (Å²) in [6.45, 7) is 1.44. The highest BCUT2D eigenvalue weighted by molar-refractivity contribution is 6.05. The van der Waals surface area contributed by atoms with Crippen molar-refractivity contribution in [3.05, 3.63) is 48.0 Å². The molecule has 2 aromatic heterocycles. The molecule has 2 heterocycles. The average Bonchev–Trinajstić information content (AvgIpc) is 3.07. The molecule has 20 heavy (non-hydrogen) atoms. The van der Waals surface area contributed by atoms with Crippen LogP contribution >= 0.6 is 0 Å². The molecular weight excluding hydrogens is 256 g/mol. The van der Waals surface area contributed by atoms with Crippen molar-refractivity contribution in [2.75, 3.05) is 5.32 Å². The van der Waals surface area contributed by atoms with Crippen molar-refractivity contribution in [3.8, 4) is 0 Å². The second kappa shape index (κ2) is 4.65. The molecule has 100 valence electrons. The normalized spacial score (nSPS) is 10.7. The number of carbonyl (C=O) groups excluding carboxylic acids is 2. The van der Waals surface area contributed by atoms with E-state index in [-0.39, 0.29) is 11.7 Å². The third-order valence-electron chi connectivity index (χ3n) is 2.99. The predicted molar refractivity (Wildman–Crippen MR) is 74.8 cm³/mol. The van der Waals surface area contributed by atoms with Crippen LogP contribution in [0.3, 0.4) is 0 Å². The van der Waals surface area contributed by atoms with Gasteiger partial charge in [0.05, 0.1) is 23.1 Å². The maximum atomic E-state index is 12.0. The Balaban J connectivity index is 1.82. The van der Waals surface area contributed by atoms with Crippen LogP contribution in [0.2, 0.25) is 0 Å². The van der Waals surface area contributed by atoms with E-state index in [1.807, 2.05) is 6.07 Å². The van der Waals surface area contributed by atoms with Gasteiger partial charge in [-0.2, -0.15) is 0 Å². The molecule has 0 fully saturated rings. The molecule has 0 saturated heterocycles. The van der Waals surface area contributed by atoms with E-state index in [9.17, 15) is 9.59 Å². The van der Waals surface area contributed by atoms with Crippen LogP contribution in [-0.2, 0) is 0 Å². The molecule has 1 aromatic carbocycles. The summed E-state index contributed by atoms with van der Waals surface area (Å²) in [4.78, 5) is 33.1. The van der Waals surface area contributed by atoms with Crippen molar-refractivity contribution in [1.82, 2.24) is 15.0 Å². The summed E-state index contributed by atoms with van der Waals surface area (Å²) in [7, 11) is 0. The highest BCUT2D eigenvalue weighted by Crippen LogP contribution is 2.16. The number of carbonyl (C=O) groups is 2. The number of hydrogen-bond donors (Lipinski definition) is 3. The Morgan fingerprint density at radius 1 is 1.15 bits per heavy atom. The highest BCUT2D eigenvalue weighted by Gasteiger charge is 2.11. The Labute approximate surface area is 114 Å². The van der Waals surface area contributed by atoms with Gasteiger partial charge in [0.15, 0.2) is 5.78 Å². The van der Waals surface area contributed by atoms with E-state index in [4.69, 9.17) is 0 Å². The molecule has 6 heteroatoms. The number of nitrogens with one attached hydrogen (secondary N) is 3. The molecule has 0 atom stereocenters. The topological polar surface area (TPSA) is 90.6 Å². The van der Waals surface area contributed by atoms with Crippen molar-refractivity contribution >= 4 is 28.4 Å². The molecule has 1 amide bonds. The number of amides is 1. The van der Waals surface area contributed by atoms with Crippen LogP contribution in [0.5, 0.6) is 0 Å². The van der Waals surface area contributed by atoms with Gasteiger partial charge in [-0.15, -0.1) is 0 Å². The molecule has 0 aliphatic heterocycles. The summed E-state index contributed by atoms with van der Waals surface area (Å²) >= 11 is 0. The lowest BCUT2D eigenvalue weighted by molar-refractivity contribution is 0.101. The molecule has 0 aliphatic carbocycles. The van der Waals surface area contributed by atoms with Crippen LogP contribution in [0.15, 0.2) is 36.7 Å². The van der Waals surface area contributed by atoms with Gasteiger partial charge >= 0.3 is 0 Å². The highest BCUT2D eigenvalue weighted by atomic mass is 16.2. The molecular formula is C14H12N4O2. The van der Waals surface area contributed by atoms with E-state index < -0.39 is 0 Å². The summed E-state index contributed by atoms with van der Waals surface area (Å²) in [5.74, 6) is -0.403. The Morgan fingerprint density at radius 3 is 2.70 bits per heavy atom. The molecule has 6 nitrogen and oxygen atoms in total. The second-order valence-corrected chi connectivity index (χ2v) is 4.43. The van der Waals surface area contributed by atoms with Gasteiger partial charge in [-0.05, 0) is 30.3 Å². The first-order chi connectivity index (χ1) is 9.63. The van der Waals surface area contributed by atoms with Crippen LogP contribution in [0, 0.1) is 0 Å². The number of fused-ring (bicyclic) bond motifs is 1. The molecule has 3 N–H and O–H groups in total. The Bertz CT molecular complexity index is 800. The predicted octanol–water partition coefficient (Wildman–Crippen LogP) is 2.35. The minimum atomic E-state index is -0.295. The van der Waals surface area contributed by atoms with E-state index in [0.29, 0.717) is 17.1 Å². The van der Waals surface area contributed by atoms with Crippen molar-refractivity contribution in [1.29, 1.82) is 0 Å². The quantitative estimate of drug-likeness (QED) is 0.637. The largest absolute Gasteiger partial charge is 0.348 e. The summed E-state index contributed by atoms with van der Waals surface area (Å²) in [6, 6.07) is 8.57. The molecule has 0 saturated carbocycles. The molecule has 0 spiro atoms. The lowest BCUT2D eigenvalue weighted by atomic mass is 10.2. The van der Waals surface area contributed by atoms with Crippen LogP contribution in [0.1, 0.15) is 27.9 Å². The van der Waals surface area contributed by atoms with E-state index in [0.717, 1.165) is 11.0 Å². The fourth-order valence-corrected chi connectivity index (χ4v) is 1.94. The third kappa shape index (κ3) is 2.18. The number of aromatic nitrogens is 3. The Hall–Kier alpha value is -2.89. The van der Waals surface area contributed by atoms with E-state index >= 15 is 0 Å². The lowest BCUT2D eigenvalue weighted by Gasteiger charge is -2.03. The van der Waals surface area contributed by atoms with Gasteiger partial charge in [-0.1, -0.05) is 0 Å². The molecule has 0 aliphatic rings. The van der Waals surface area contributed by atoms with Gasteiger partial charge in [0, 0.05) is 12.6 Å². The zero-order chi connectivity index (χ0) is 14.1. The zero-order valence-corrected chi connectivity index (χ0v) is 10.7. The minimum Gasteiger partial charge on any atom is -0.348 e. The monoisotopic (exact) mass is 268 g/mol. The SMILES string of the molecule is CC(=O)c1ccc(C(=O)Nc2ccc3nc[nH]c3c2)[nH]1. The summed E-state index contributed by atoms with van der Waals surface area (Å²) in [5.41, 5.74) is 3.10. The summed E-state index contributed by atoms with van der Waals surface area (Å²) < 4.78 is 0. The van der Waals surface area contributed by atoms with Gasteiger partial charge in [0.1, 0.15) is 5.69 Å². The number of imidazole rings is 1. The molecule has 0 bridgehead atoms. The van der Waals surface area contributed by atoms with Gasteiger partial charge < -0.3 is 15.3 Å². The smallest absolute Gasteiger partial charge is 0.272 e. The number of aromatic amines is 2. The van der Waals surface area contributed by atoms with Crippen LogP contribution < -0.4 is 5.32 Å². The molecule has 0 unspecified atom stereocenters. The van der Waals surface area contributed by atoms with Crippen molar-refractivity contribution in [2.24, 2.45) is 0 Å². The van der Waals surface area contributed by atoms with Gasteiger partial charge in [-0.3, -0.25) is 9.59 Å². The molecule has 3 rings (SSSR count). The number of hydrogen-bond acceptors (Lipinski definition) is 3. The van der Waals surface area contributed by atoms with E-state index in [2.05, 4.69) is 20.3 Å². The van der Waals surface area contributed by atoms with Crippen LogP contribution in [-0.4, -0.2) is 26.6 Å². The fraction of sp³-hybridized carbons (Fsp3) is 0.0714. The standard InChI is InChI=1S/C14H12N4O2/c1-8(19)10-4-5-12(18-10)14(20)17-9-2-3-11-13(6-9)16-7-15-11/h2-7,18H,1H3,(H,15,16)(H,17,20). The molecule has 0 radical (unpaired) electrons. The van der Waals surface area contributed by atoms with Crippen molar-refractivity contribution in [2.45, 2.75) is 6.92 Å².